The van der Waals surface area contributed by atoms with Crippen LogP contribution in [0.15, 0.2) is 23.4 Å². The smallest absolute Gasteiger partial charge is 0.354 e. The van der Waals surface area contributed by atoms with Gasteiger partial charge in [0.1, 0.15) is 5.69 Å². The summed E-state index contributed by atoms with van der Waals surface area (Å²) < 4.78 is 0. The van der Waals surface area contributed by atoms with Crippen LogP contribution in [-0.4, -0.2) is 27.3 Å². The van der Waals surface area contributed by atoms with E-state index in [1.165, 1.54) is 11.8 Å². The summed E-state index contributed by atoms with van der Waals surface area (Å²) in [6.45, 7) is 3.97. The number of aromatic carboxylic acids is 1. The summed E-state index contributed by atoms with van der Waals surface area (Å²) in [5, 5.41) is 9.81. The molecule has 0 radical (unpaired) electrons. The first kappa shape index (κ1) is 12.7. The number of aromatic amines is 1. The van der Waals surface area contributed by atoms with E-state index in [4.69, 9.17) is 0 Å². The zero-order valence-corrected chi connectivity index (χ0v) is 11.3. The second kappa shape index (κ2) is 4.86. The van der Waals surface area contributed by atoms with E-state index >= 15 is 0 Å². The molecule has 2 aromatic rings. The quantitative estimate of drug-likeness (QED) is 0.834. The summed E-state index contributed by atoms with van der Waals surface area (Å²) in [6, 6.07) is 5.90. The van der Waals surface area contributed by atoms with Crippen molar-refractivity contribution in [3.8, 4) is 11.3 Å². The zero-order valence-electron chi connectivity index (χ0n) is 10.4. The Bertz CT molecular complexity index is 605. The largest absolute Gasteiger partial charge is 0.477 e. The van der Waals surface area contributed by atoms with Crippen LogP contribution in [-0.2, 0) is 0 Å². The second-order valence-corrected chi connectivity index (χ2v) is 4.89. The van der Waals surface area contributed by atoms with Gasteiger partial charge in [0, 0.05) is 5.56 Å². The lowest BCUT2D eigenvalue weighted by Crippen LogP contribution is -2.00. The summed E-state index contributed by atoms with van der Waals surface area (Å²) in [5.74, 6) is -0.988. The second-order valence-electron chi connectivity index (χ2n) is 4.09. The van der Waals surface area contributed by atoms with Gasteiger partial charge in [-0.15, -0.1) is 0 Å². The Labute approximate surface area is 109 Å². The summed E-state index contributed by atoms with van der Waals surface area (Å²) in [5.41, 5.74) is 3.68. The molecule has 0 aliphatic carbocycles. The molecular weight excluding hydrogens is 248 g/mol. The van der Waals surface area contributed by atoms with Crippen LogP contribution < -0.4 is 0 Å². The van der Waals surface area contributed by atoms with Gasteiger partial charge in [-0.2, -0.15) is 0 Å². The minimum Gasteiger partial charge on any atom is -0.477 e. The number of thioether (sulfide) groups is 1. The lowest BCUT2D eigenvalue weighted by Gasteiger charge is -2.04. The first-order valence-corrected chi connectivity index (χ1v) is 6.70. The molecule has 2 N–H and O–H groups in total. The van der Waals surface area contributed by atoms with Gasteiger partial charge in [-0.3, -0.25) is 0 Å². The molecule has 18 heavy (non-hydrogen) atoms. The van der Waals surface area contributed by atoms with Gasteiger partial charge in [0.05, 0.1) is 0 Å². The van der Waals surface area contributed by atoms with Crippen LogP contribution in [0.4, 0.5) is 0 Å². The van der Waals surface area contributed by atoms with E-state index in [9.17, 15) is 9.90 Å². The van der Waals surface area contributed by atoms with Crippen LogP contribution in [0.1, 0.15) is 21.6 Å². The molecule has 5 heteroatoms. The predicted molar refractivity (Wildman–Crippen MR) is 72.2 cm³/mol. The molecule has 1 aromatic carbocycles. The van der Waals surface area contributed by atoms with Crippen molar-refractivity contribution in [3.63, 3.8) is 0 Å². The Morgan fingerprint density at radius 2 is 2.11 bits per heavy atom. The van der Waals surface area contributed by atoms with E-state index in [1.807, 2.05) is 38.3 Å². The maximum atomic E-state index is 11.2. The lowest BCUT2D eigenvalue weighted by molar-refractivity contribution is 0.0691. The molecule has 1 aromatic heterocycles. The van der Waals surface area contributed by atoms with Crippen LogP contribution in [0, 0.1) is 13.8 Å². The molecule has 0 atom stereocenters. The van der Waals surface area contributed by atoms with Crippen LogP contribution in [0.3, 0.4) is 0 Å². The number of rotatable bonds is 3. The number of hydrogen-bond donors (Lipinski definition) is 2. The molecule has 94 valence electrons. The Morgan fingerprint density at radius 1 is 1.39 bits per heavy atom. The SMILES string of the molecule is CSc1nc(-c2ccc(C)cc2C)c(C(=O)O)[nH]1. The van der Waals surface area contributed by atoms with Gasteiger partial charge in [-0.1, -0.05) is 35.5 Å². The Kier molecular flexibility index (Phi) is 3.43. The highest BCUT2D eigenvalue weighted by atomic mass is 32.2. The third kappa shape index (κ3) is 2.26. The number of aryl methyl sites for hydroxylation is 2. The summed E-state index contributed by atoms with van der Waals surface area (Å²) in [7, 11) is 0. The molecule has 0 saturated heterocycles. The highest BCUT2D eigenvalue weighted by Gasteiger charge is 2.18. The van der Waals surface area contributed by atoms with Crippen molar-refractivity contribution in [2.45, 2.75) is 19.0 Å². The maximum absolute atomic E-state index is 11.2. The fourth-order valence-electron chi connectivity index (χ4n) is 1.88. The number of benzene rings is 1. The van der Waals surface area contributed by atoms with E-state index in [0.29, 0.717) is 10.9 Å². The van der Waals surface area contributed by atoms with Gasteiger partial charge in [-0.05, 0) is 25.7 Å². The molecule has 0 aliphatic rings. The van der Waals surface area contributed by atoms with Crippen molar-refractivity contribution in [2.24, 2.45) is 0 Å². The molecule has 0 fully saturated rings. The molecule has 0 aliphatic heterocycles. The fourth-order valence-corrected chi connectivity index (χ4v) is 2.26. The van der Waals surface area contributed by atoms with Gasteiger partial charge in [0.2, 0.25) is 0 Å². The number of carbonyl (C=O) groups is 1. The van der Waals surface area contributed by atoms with Crippen molar-refractivity contribution in [2.75, 3.05) is 6.26 Å². The zero-order chi connectivity index (χ0) is 13.3. The number of nitrogens with zero attached hydrogens (tertiary/aromatic N) is 1. The molecule has 2 rings (SSSR count). The summed E-state index contributed by atoms with van der Waals surface area (Å²) in [6.07, 6.45) is 1.86. The molecule has 0 unspecified atom stereocenters. The third-order valence-corrected chi connectivity index (χ3v) is 3.31. The first-order chi connectivity index (χ1) is 8.52. The molecule has 1 heterocycles. The van der Waals surface area contributed by atoms with E-state index in [2.05, 4.69) is 9.97 Å². The van der Waals surface area contributed by atoms with Crippen LogP contribution in [0.25, 0.3) is 11.3 Å². The third-order valence-electron chi connectivity index (χ3n) is 2.73. The van der Waals surface area contributed by atoms with Crippen molar-refractivity contribution in [3.05, 3.63) is 35.0 Å². The maximum Gasteiger partial charge on any atom is 0.354 e. The highest BCUT2D eigenvalue weighted by Crippen LogP contribution is 2.28. The van der Waals surface area contributed by atoms with E-state index in [-0.39, 0.29) is 5.69 Å². The van der Waals surface area contributed by atoms with Gasteiger partial charge in [0.25, 0.3) is 0 Å². The first-order valence-electron chi connectivity index (χ1n) is 5.48. The van der Waals surface area contributed by atoms with Crippen LogP contribution >= 0.6 is 11.8 Å². The molecule has 0 bridgehead atoms. The lowest BCUT2D eigenvalue weighted by atomic mass is 10.0. The normalized spacial score (nSPS) is 10.6. The Balaban J connectivity index is 2.62. The number of H-pyrrole nitrogens is 1. The number of hydrogen-bond acceptors (Lipinski definition) is 3. The van der Waals surface area contributed by atoms with Crippen molar-refractivity contribution in [1.29, 1.82) is 0 Å². The molecule has 0 amide bonds. The molecule has 0 spiro atoms. The molecule has 0 saturated carbocycles. The van der Waals surface area contributed by atoms with Crippen molar-refractivity contribution >= 4 is 17.7 Å². The minimum atomic E-state index is -0.988. The number of imidazole rings is 1. The van der Waals surface area contributed by atoms with Gasteiger partial charge >= 0.3 is 5.97 Å². The summed E-state index contributed by atoms with van der Waals surface area (Å²) in [4.78, 5) is 18.4. The van der Waals surface area contributed by atoms with Gasteiger partial charge in [-0.25, -0.2) is 9.78 Å². The monoisotopic (exact) mass is 262 g/mol. The van der Waals surface area contributed by atoms with E-state index in [0.717, 1.165) is 16.7 Å². The van der Waals surface area contributed by atoms with Gasteiger partial charge < -0.3 is 10.1 Å². The number of carboxylic acid groups (broad SMARTS) is 1. The van der Waals surface area contributed by atoms with Crippen molar-refractivity contribution < 1.29 is 9.90 Å². The summed E-state index contributed by atoms with van der Waals surface area (Å²) >= 11 is 1.39. The van der Waals surface area contributed by atoms with Crippen LogP contribution in [0.2, 0.25) is 0 Å². The van der Waals surface area contributed by atoms with E-state index < -0.39 is 5.97 Å². The highest BCUT2D eigenvalue weighted by molar-refractivity contribution is 7.98. The molecule has 4 nitrogen and oxygen atoms in total. The average Bonchev–Trinajstić information content (AvgIpc) is 2.73. The number of carboxylic acids is 1. The topological polar surface area (TPSA) is 66.0 Å². The van der Waals surface area contributed by atoms with Crippen molar-refractivity contribution in [1.82, 2.24) is 9.97 Å². The van der Waals surface area contributed by atoms with E-state index in [1.54, 1.807) is 0 Å². The number of aromatic nitrogens is 2. The predicted octanol–water partition coefficient (Wildman–Crippen LogP) is 3.11. The number of nitrogens with one attached hydrogen (secondary N) is 1. The Hall–Kier alpha value is -1.75. The Morgan fingerprint density at radius 3 is 2.67 bits per heavy atom. The standard InChI is InChI=1S/C13H14N2O2S/c1-7-4-5-9(8(2)6-7)10-11(12(16)17)15-13(14-10)18-3/h4-6H,1-3H3,(H,14,15)(H,16,17). The van der Waals surface area contributed by atoms with Crippen LogP contribution in [0.5, 0.6) is 0 Å². The minimum absolute atomic E-state index is 0.145. The average molecular weight is 262 g/mol. The molecular formula is C13H14N2O2S. The fraction of sp³-hybridized carbons (Fsp3) is 0.231. The van der Waals surface area contributed by atoms with Gasteiger partial charge in [0.15, 0.2) is 10.9 Å².